The Hall–Kier alpha value is -2.59. The number of anilines is 2. The fourth-order valence-corrected chi connectivity index (χ4v) is 2.26. The molecule has 1 heterocycles. The smallest absolute Gasteiger partial charge is 0.252 e. The highest BCUT2D eigenvalue weighted by Crippen LogP contribution is 2.22. The van der Waals surface area contributed by atoms with Gasteiger partial charge in [-0.05, 0) is 24.6 Å². The lowest BCUT2D eigenvalue weighted by atomic mass is 10.1. The molecule has 2 aromatic carbocycles. The minimum absolute atomic E-state index is 0.213. The Morgan fingerprint density at radius 2 is 1.86 bits per heavy atom. The van der Waals surface area contributed by atoms with E-state index in [-0.39, 0.29) is 5.56 Å². The van der Waals surface area contributed by atoms with Crippen LogP contribution in [0.5, 0.6) is 0 Å². The van der Waals surface area contributed by atoms with Crippen LogP contribution in [0.25, 0.3) is 11.3 Å². The van der Waals surface area contributed by atoms with Crippen LogP contribution in [0.1, 0.15) is 5.56 Å². The summed E-state index contributed by atoms with van der Waals surface area (Å²) in [5.74, 6) is 0.381. The van der Waals surface area contributed by atoms with Crippen LogP contribution in [-0.4, -0.2) is 9.97 Å². The van der Waals surface area contributed by atoms with E-state index in [4.69, 9.17) is 11.6 Å². The first-order valence-electron chi connectivity index (χ1n) is 6.82. The summed E-state index contributed by atoms with van der Waals surface area (Å²) in [6.45, 7) is 1.93. The topological polar surface area (TPSA) is 57.8 Å². The van der Waals surface area contributed by atoms with Crippen LogP contribution in [-0.2, 0) is 0 Å². The van der Waals surface area contributed by atoms with Crippen LogP contribution < -0.4 is 10.9 Å². The zero-order valence-electron chi connectivity index (χ0n) is 11.9. The maximum absolute atomic E-state index is 11.8. The maximum atomic E-state index is 11.8. The Morgan fingerprint density at radius 1 is 1.09 bits per heavy atom. The van der Waals surface area contributed by atoms with Crippen molar-refractivity contribution in [3.05, 3.63) is 75.5 Å². The van der Waals surface area contributed by atoms with Crippen LogP contribution in [0, 0.1) is 6.92 Å². The van der Waals surface area contributed by atoms with Crippen molar-refractivity contribution >= 4 is 23.2 Å². The molecule has 3 aromatic rings. The molecule has 110 valence electrons. The van der Waals surface area contributed by atoms with Crippen LogP contribution >= 0.6 is 11.6 Å². The Labute approximate surface area is 132 Å². The second-order valence-electron chi connectivity index (χ2n) is 4.93. The predicted molar refractivity (Wildman–Crippen MR) is 89.8 cm³/mol. The highest BCUT2D eigenvalue weighted by molar-refractivity contribution is 6.31. The van der Waals surface area contributed by atoms with Crippen molar-refractivity contribution < 1.29 is 0 Å². The van der Waals surface area contributed by atoms with Gasteiger partial charge in [0, 0.05) is 22.3 Å². The van der Waals surface area contributed by atoms with E-state index >= 15 is 0 Å². The molecule has 22 heavy (non-hydrogen) atoms. The van der Waals surface area contributed by atoms with E-state index < -0.39 is 0 Å². The summed E-state index contributed by atoms with van der Waals surface area (Å²) in [6, 6.07) is 16.6. The second kappa shape index (κ2) is 6.03. The van der Waals surface area contributed by atoms with Crippen molar-refractivity contribution in [2.75, 3.05) is 5.32 Å². The van der Waals surface area contributed by atoms with E-state index in [1.54, 1.807) is 6.07 Å². The standard InChI is InChI=1S/C17H14ClN3O/c1-11-7-8-13(9-14(11)18)19-17-20-15(10-16(22)21-17)12-5-3-2-4-6-12/h2-10H,1H3,(H2,19,20,21,22). The summed E-state index contributed by atoms with van der Waals surface area (Å²) in [7, 11) is 0. The first-order valence-corrected chi connectivity index (χ1v) is 7.19. The average Bonchev–Trinajstić information content (AvgIpc) is 2.51. The van der Waals surface area contributed by atoms with Gasteiger partial charge in [-0.3, -0.25) is 9.78 Å². The molecule has 0 saturated heterocycles. The van der Waals surface area contributed by atoms with Crippen molar-refractivity contribution in [2.45, 2.75) is 6.92 Å². The highest BCUT2D eigenvalue weighted by Gasteiger charge is 2.05. The normalized spacial score (nSPS) is 10.5. The molecule has 0 aliphatic heterocycles. The van der Waals surface area contributed by atoms with Crippen molar-refractivity contribution in [1.82, 2.24) is 9.97 Å². The molecule has 5 heteroatoms. The number of rotatable bonds is 3. The van der Waals surface area contributed by atoms with Crippen LogP contribution in [0.2, 0.25) is 5.02 Å². The molecule has 2 N–H and O–H groups in total. The van der Waals surface area contributed by atoms with Gasteiger partial charge >= 0.3 is 0 Å². The van der Waals surface area contributed by atoms with Gasteiger partial charge in [0.1, 0.15) is 0 Å². The number of aromatic nitrogens is 2. The van der Waals surface area contributed by atoms with Crippen molar-refractivity contribution in [1.29, 1.82) is 0 Å². The summed E-state index contributed by atoms with van der Waals surface area (Å²) < 4.78 is 0. The fourth-order valence-electron chi connectivity index (χ4n) is 2.08. The number of nitrogens with one attached hydrogen (secondary N) is 2. The number of hydrogen-bond acceptors (Lipinski definition) is 3. The molecule has 3 rings (SSSR count). The molecule has 0 unspecified atom stereocenters. The Bertz CT molecular complexity index is 859. The molecule has 0 spiro atoms. The monoisotopic (exact) mass is 311 g/mol. The largest absolute Gasteiger partial charge is 0.326 e. The number of hydrogen-bond donors (Lipinski definition) is 2. The van der Waals surface area contributed by atoms with Gasteiger partial charge in [-0.25, -0.2) is 4.98 Å². The van der Waals surface area contributed by atoms with Gasteiger partial charge in [-0.1, -0.05) is 48.0 Å². The molecule has 0 aliphatic carbocycles. The number of halogens is 1. The third kappa shape index (κ3) is 3.18. The number of aromatic amines is 1. The number of nitrogens with zero attached hydrogens (tertiary/aromatic N) is 1. The van der Waals surface area contributed by atoms with Crippen LogP contribution in [0.4, 0.5) is 11.6 Å². The summed E-state index contributed by atoms with van der Waals surface area (Å²) >= 11 is 6.11. The lowest BCUT2D eigenvalue weighted by Crippen LogP contribution is -2.10. The first kappa shape index (κ1) is 14.4. The van der Waals surface area contributed by atoms with Gasteiger partial charge in [0.15, 0.2) is 0 Å². The van der Waals surface area contributed by atoms with E-state index in [1.165, 1.54) is 6.07 Å². The molecule has 4 nitrogen and oxygen atoms in total. The lowest BCUT2D eigenvalue weighted by molar-refractivity contribution is 1.12. The van der Waals surface area contributed by atoms with E-state index in [1.807, 2.05) is 49.4 Å². The molecule has 1 aromatic heterocycles. The lowest BCUT2D eigenvalue weighted by Gasteiger charge is -2.08. The number of benzene rings is 2. The quantitative estimate of drug-likeness (QED) is 0.764. The SMILES string of the molecule is Cc1ccc(Nc2nc(-c3ccccc3)cc(=O)[nH]2)cc1Cl. The molecular weight excluding hydrogens is 298 g/mol. The maximum Gasteiger partial charge on any atom is 0.252 e. The molecule has 0 saturated carbocycles. The fraction of sp³-hybridized carbons (Fsp3) is 0.0588. The summed E-state index contributed by atoms with van der Waals surface area (Å²) in [4.78, 5) is 19.0. The van der Waals surface area contributed by atoms with Crippen molar-refractivity contribution in [2.24, 2.45) is 0 Å². The molecule has 0 atom stereocenters. The third-order valence-corrected chi connectivity index (χ3v) is 3.65. The van der Waals surface area contributed by atoms with Crippen molar-refractivity contribution in [3.63, 3.8) is 0 Å². The Kier molecular flexibility index (Phi) is 3.94. The summed E-state index contributed by atoms with van der Waals surface area (Å²) in [5, 5.41) is 3.73. The van der Waals surface area contributed by atoms with Gasteiger partial charge < -0.3 is 5.32 Å². The Morgan fingerprint density at radius 3 is 2.59 bits per heavy atom. The molecule has 0 radical (unpaired) electrons. The second-order valence-corrected chi connectivity index (χ2v) is 5.34. The summed E-state index contributed by atoms with van der Waals surface area (Å²) in [5.41, 5.74) is 3.05. The number of H-pyrrole nitrogens is 1. The number of aryl methyl sites for hydroxylation is 1. The van der Waals surface area contributed by atoms with Crippen LogP contribution in [0.15, 0.2) is 59.4 Å². The zero-order valence-corrected chi connectivity index (χ0v) is 12.7. The van der Waals surface area contributed by atoms with Gasteiger partial charge in [0.2, 0.25) is 5.95 Å². The van der Waals surface area contributed by atoms with Crippen LogP contribution in [0.3, 0.4) is 0 Å². The minimum Gasteiger partial charge on any atom is -0.326 e. The third-order valence-electron chi connectivity index (χ3n) is 3.25. The zero-order chi connectivity index (χ0) is 15.5. The van der Waals surface area contributed by atoms with E-state index in [0.29, 0.717) is 16.7 Å². The van der Waals surface area contributed by atoms with Crippen molar-refractivity contribution in [3.8, 4) is 11.3 Å². The van der Waals surface area contributed by atoms with Gasteiger partial charge in [-0.2, -0.15) is 0 Å². The molecule has 0 fully saturated rings. The molecule has 0 aliphatic rings. The predicted octanol–water partition coefficient (Wildman–Crippen LogP) is 4.14. The molecule has 0 bridgehead atoms. The first-order chi connectivity index (χ1) is 10.6. The Balaban J connectivity index is 1.96. The van der Waals surface area contributed by atoms with Gasteiger partial charge in [0.05, 0.1) is 5.69 Å². The van der Waals surface area contributed by atoms with Gasteiger partial charge in [0.25, 0.3) is 5.56 Å². The summed E-state index contributed by atoms with van der Waals surface area (Å²) in [6.07, 6.45) is 0. The van der Waals surface area contributed by atoms with E-state index in [9.17, 15) is 4.79 Å². The molecular formula is C17H14ClN3O. The highest BCUT2D eigenvalue weighted by atomic mass is 35.5. The average molecular weight is 312 g/mol. The molecule has 0 amide bonds. The minimum atomic E-state index is -0.213. The van der Waals surface area contributed by atoms with E-state index in [2.05, 4.69) is 15.3 Å². The van der Waals surface area contributed by atoms with E-state index in [0.717, 1.165) is 16.8 Å². The van der Waals surface area contributed by atoms with Gasteiger partial charge in [-0.15, -0.1) is 0 Å².